The number of nitrogens with one attached hydrogen (secondary N) is 1. The smallest absolute Gasteiger partial charge is 0.303 e. The van der Waals surface area contributed by atoms with Crippen molar-refractivity contribution in [2.24, 2.45) is 5.10 Å². The van der Waals surface area contributed by atoms with Gasteiger partial charge in [0.25, 0.3) is 5.91 Å². The van der Waals surface area contributed by atoms with Crippen LogP contribution in [0.25, 0.3) is 6.08 Å². The summed E-state index contributed by atoms with van der Waals surface area (Å²) in [4.78, 5) is 59.5. The Morgan fingerprint density at radius 3 is 2.10 bits per heavy atom. The minimum Gasteiger partial charge on any atom is -0.493 e. The maximum Gasteiger partial charge on any atom is 0.303 e. The van der Waals surface area contributed by atoms with Gasteiger partial charge < -0.3 is 33.2 Å². The fourth-order valence-corrected chi connectivity index (χ4v) is 4.04. The molecule has 2 heterocycles. The average molecular weight is 563 g/mol. The number of ether oxygens (including phenoxy) is 7. The zero-order valence-corrected chi connectivity index (χ0v) is 22.7. The van der Waals surface area contributed by atoms with Crippen molar-refractivity contribution in [2.45, 2.75) is 65.3 Å². The van der Waals surface area contributed by atoms with Gasteiger partial charge in [0.05, 0.1) is 18.4 Å². The average Bonchev–Trinajstić information content (AvgIpc) is 3.18. The fourth-order valence-electron chi connectivity index (χ4n) is 4.04. The van der Waals surface area contributed by atoms with Gasteiger partial charge in [-0.05, 0) is 30.7 Å². The Balaban J connectivity index is 2.00. The Labute approximate surface area is 229 Å². The lowest BCUT2D eigenvalue weighted by Gasteiger charge is -2.44. The van der Waals surface area contributed by atoms with E-state index in [1.54, 1.807) is 25.1 Å². The third kappa shape index (κ3) is 7.56. The number of rotatable bonds is 9. The fraction of sp³-hybridized carbons (Fsp3) is 0.462. The molecule has 0 aromatic heterocycles. The van der Waals surface area contributed by atoms with Crippen molar-refractivity contribution in [3.8, 4) is 11.5 Å². The largest absolute Gasteiger partial charge is 0.493 e. The van der Waals surface area contributed by atoms with E-state index in [2.05, 4.69) is 10.5 Å². The summed E-state index contributed by atoms with van der Waals surface area (Å²) >= 11 is 0. The molecule has 5 atom stereocenters. The predicted octanol–water partition coefficient (Wildman–Crippen LogP) is 1.05. The molecular weight excluding hydrogens is 532 g/mol. The van der Waals surface area contributed by atoms with Gasteiger partial charge in [-0.2, -0.15) is 5.10 Å². The standard InChI is InChI=1S/C26H30N2O12/c1-12-18(25(33)28-27-12)9-17-7-8-19(20(10-17)34-6)39-26-24(38-16(5)32)23(37-15(4)31)22(36-14(3)30)21(40-26)11-35-13(2)29/h7-10,21-24,26H,11H2,1-6H3,(H,28,33)/b18-9-/t21-,22-,23+,24-,26-/m1/s1. The van der Waals surface area contributed by atoms with Gasteiger partial charge in [-0.3, -0.25) is 24.0 Å². The summed E-state index contributed by atoms with van der Waals surface area (Å²) in [6.45, 7) is 5.83. The maximum absolute atomic E-state index is 12.0. The predicted molar refractivity (Wildman–Crippen MR) is 135 cm³/mol. The molecule has 1 N–H and O–H groups in total. The van der Waals surface area contributed by atoms with E-state index < -0.39 is 61.2 Å². The van der Waals surface area contributed by atoms with Crippen LogP contribution in [0.3, 0.4) is 0 Å². The van der Waals surface area contributed by atoms with Crippen molar-refractivity contribution in [1.82, 2.24) is 5.43 Å². The molecule has 40 heavy (non-hydrogen) atoms. The zero-order valence-electron chi connectivity index (χ0n) is 22.7. The van der Waals surface area contributed by atoms with Crippen LogP contribution in [0.4, 0.5) is 0 Å². The summed E-state index contributed by atoms with van der Waals surface area (Å²) in [5.74, 6) is -2.93. The molecular formula is C26H30N2O12. The molecule has 14 heteroatoms. The van der Waals surface area contributed by atoms with Crippen LogP contribution in [0, 0.1) is 0 Å². The molecule has 3 rings (SSSR count). The summed E-state index contributed by atoms with van der Waals surface area (Å²) in [6.07, 6.45) is -5.11. The van der Waals surface area contributed by atoms with Gasteiger partial charge in [-0.1, -0.05) is 6.07 Å². The van der Waals surface area contributed by atoms with Crippen LogP contribution in [0.1, 0.15) is 40.2 Å². The van der Waals surface area contributed by atoms with Crippen molar-refractivity contribution >= 4 is 41.6 Å². The molecule has 1 aromatic rings. The van der Waals surface area contributed by atoms with Crippen molar-refractivity contribution in [3.63, 3.8) is 0 Å². The molecule has 1 saturated heterocycles. The number of hydrazone groups is 1. The molecule has 0 aliphatic carbocycles. The number of carbonyl (C=O) groups is 5. The van der Waals surface area contributed by atoms with E-state index in [0.29, 0.717) is 16.8 Å². The molecule has 0 bridgehead atoms. The minimum atomic E-state index is -1.44. The lowest BCUT2D eigenvalue weighted by Crippen LogP contribution is -2.63. The number of benzene rings is 1. The molecule has 1 aromatic carbocycles. The Bertz CT molecular complexity index is 1240. The third-order valence-corrected chi connectivity index (χ3v) is 5.65. The van der Waals surface area contributed by atoms with E-state index in [1.807, 2.05) is 0 Å². The summed E-state index contributed by atoms with van der Waals surface area (Å²) < 4.78 is 38.7. The lowest BCUT2D eigenvalue weighted by molar-refractivity contribution is -0.288. The first-order valence-corrected chi connectivity index (χ1v) is 12.1. The maximum atomic E-state index is 12.0. The molecule has 2 aliphatic rings. The second-order valence-corrected chi connectivity index (χ2v) is 8.79. The Hall–Kier alpha value is -4.46. The normalized spacial score (nSPS) is 24.9. The second kappa shape index (κ2) is 13.1. The number of carbonyl (C=O) groups excluding carboxylic acids is 5. The molecule has 0 saturated carbocycles. The van der Waals surface area contributed by atoms with Crippen molar-refractivity contribution in [2.75, 3.05) is 13.7 Å². The van der Waals surface area contributed by atoms with Gasteiger partial charge in [0.15, 0.2) is 23.7 Å². The Morgan fingerprint density at radius 1 is 0.925 bits per heavy atom. The van der Waals surface area contributed by atoms with Gasteiger partial charge in [-0.25, -0.2) is 5.43 Å². The summed E-state index contributed by atoms with van der Waals surface area (Å²) in [6, 6.07) is 4.75. The highest BCUT2D eigenvalue weighted by Crippen LogP contribution is 2.35. The van der Waals surface area contributed by atoms with Crippen LogP contribution in [-0.4, -0.2) is 79.9 Å². The van der Waals surface area contributed by atoms with Crippen molar-refractivity contribution in [3.05, 3.63) is 29.3 Å². The molecule has 0 spiro atoms. The first-order valence-electron chi connectivity index (χ1n) is 12.1. The van der Waals surface area contributed by atoms with Crippen LogP contribution in [0.2, 0.25) is 0 Å². The highest BCUT2D eigenvalue weighted by atomic mass is 16.7. The van der Waals surface area contributed by atoms with Crippen molar-refractivity contribution < 1.29 is 57.1 Å². The molecule has 2 aliphatic heterocycles. The summed E-state index contributed by atoms with van der Waals surface area (Å²) in [5.41, 5.74) is 3.85. The minimum absolute atomic E-state index is 0.131. The number of hydrogen-bond acceptors (Lipinski definition) is 13. The van der Waals surface area contributed by atoms with Gasteiger partial charge in [0, 0.05) is 27.7 Å². The highest BCUT2D eigenvalue weighted by Gasteiger charge is 2.53. The van der Waals surface area contributed by atoms with Crippen molar-refractivity contribution in [1.29, 1.82) is 0 Å². The van der Waals surface area contributed by atoms with Gasteiger partial charge in [-0.15, -0.1) is 0 Å². The zero-order chi connectivity index (χ0) is 29.6. The van der Waals surface area contributed by atoms with E-state index in [4.69, 9.17) is 33.2 Å². The monoisotopic (exact) mass is 562 g/mol. The number of hydrogen-bond donors (Lipinski definition) is 1. The molecule has 0 unspecified atom stereocenters. The number of methoxy groups -OCH3 is 1. The van der Waals surface area contributed by atoms with Crippen LogP contribution < -0.4 is 14.9 Å². The van der Waals surface area contributed by atoms with Crippen LogP contribution in [0.15, 0.2) is 28.9 Å². The third-order valence-electron chi connectivity index (χ3n) is 5.65. The molecule has 14 nitrogen and oxygen atoms in total. The lowest BCUT2D eigenvalue weighted by atomic mass is 9.98. The van der Waals surface area contributed by atoms with Crippen LogP contribution in [0.5, 0.6) is 11.5 Å². The van der Waals surface area contributed by atoms with E-state index >= 15 is 0 Å². The summed E-state index contributed by atoms with van der Waals surface area (Å²) in [7, 11) is 1.39. The van der Waals surface area contributed by atoms with Crippen LogP contribution >= 0.6 is 0 Å². The number of amides is 1. The first kappa shape index (κ1) is 30.1. The van der Waals surface area contributed by atoms with Gasteiger partial charge >= 0.3 is 23.9 Å². The Morgan fingerprint density at radius 2 is 1.55 bits per heavy atom. The SMILES string of the molecule is COc1cc(/C=C2\C(=O)NN=C2C)ccc1O[C@@H]1O[C@H](COC(C)=O)[C@@H](OC(C)=O)[C@H](OC(C)=O)[C@H]1OC(C)=O. The first-order chi connectivity index (χ1) is 18.9. The van der Waals surface area contributed by atoms with Gasteiger partial charge in [0.1, 0.15) is 12.7 Å². The molecule has 1 amide bonds. The van der Waals surface area contributed by atoms with Crippen LogP contribution in [-0.2, 0) is 47.7 Å². The van der Waals surface area contributed by atoms with Gasteiger partial charge in [0.2, 0.25) is 12.4 Å². The highest BCUT2D eigenvalue weighted by molar-refractivity contribution is 6.26. The van der Waals surface area contributed by atoms with E-state index in [-0.39, 0.29) is 17.4 Å². The Kier molecular flexibility index (Phi) is 9.82. The van der Waals surface area contributed by atoms with E-state index in [1.165, 1.54) is 20.1 Å². The second-order valence-electron chi connectivity index (χ2n) is 8.79. The molecule has 1 fully saturated rings. The number of esters is 4. The summed E-state index contributed by atoms with van der Waals surface area (Å²) in [5, 5.41) is 3.89. The van der Waals surface area contributed by atoms with E-state index in [0.717, 1.165) is 20.8 Å². The quantitative estimate of drug-likeness (QED) is 0.258. The topological polar surface area (TPSA) is 174 Å². The number of nitrogens with zero attached hydrogens (tertiary/aromatic N) is 1. The molecule has 0 radical (unpaired) electrons. The van der Waals surface area contributed by atoms with E-state index in [9.17, 15) is 24.0 Å². The molecule has 216 valence electrons.